The van der Waals surface area contributed by atoms with Crippen LogP contribution in [0.15, 0.2) is 39.7 Å². The second kappa shape index (κ2) is 12.3. The molecule has 0 aliphatic carbocycles. The maximum Gasteiger partial charge on any atom is 0.232 e. The lowest BCUT2D eigenvalue weighted by Crippen LogP contribution is -2.41. The first kappa shape index (κ1) is 27.8. The van der Waals surface area contributed by atoms with Crippen molar-refractivity contribution in [3.05, 3.63) is 47.2 Å². The number of benzene rings is 1. The maximum absolute atomic E-state index is 11.7. The minimum absolute atomic E-state index is 0.0132. The molecule has 11 nitrogen and oxygen atoms in total. The Bertz CT molecular complexity index is 1200. The Morgan fingerprint density at radius 2 is 1.91 bits per heavy atom. The summed E-state index contributed by atoms with van der Waals surface area (Å²) in [4.78, 5) is 4.16. The van der Waals surface area contributed by atoms with E-state index in [1.165, 1.54) is 6.07 Å². The number of furan rings is 1. The van der Waals surface area contributed by atoms with E-state index < -0.39 is 26.2 Å². The average molecular weight is 534 g/mol. The standard InChI is InChI=1S/C20H31N5O6S3/c1-14-10-19(21-2)31-18(14)13-32-9-8-22-20(25-34(4,29)30)23-12-17(26)15-6-5-7-16(11-15)24-33(3,27)28/h5-7,10-11,17,21,24,26H,8-9,12-13H2,1-4H3,(H2,22,23,25). The number of anilines is 2. The van der Waals surface area contributed by atoms with Gasteiger partial charge in [-0.05, 0) is 30.2 Å². The van der Waals surface area contributed by atoms with E-state index in [0.717, 1.165) is 23.8 Å². The first-order valence-corrected chi connectivity index (χ1v) is 15.2. The number of thioether (sulfide) groups is 1. The fourth-order valence-corrected chi connectivity index (χ4v) is 4.71. The predicted octanol–water partition coefficient (Wildman–Crippen LogP) is 1.46. The third-order valence-corrected chi connectivity index (χ3v) is 6.45. The van der Waals surface area contributed by atoms with Crippen LogP contribution in [0.25, 0.3) is 0 Å². The molecule has 1 unspecified atom stereocenters. The van der Waals surface area contributed by atoms with Crippen LogP contribution >= 0.6 is 11.8 Å². The van der Waals surface area contributed by atoms with Crippen LogP contribution < -0.4 is 20.1 Å². The molecule has 34 heavy (non-hydrogen) atoms. The quantitative estimate of drug-likeness (QED) is 0.154. The van der Waals surface area contributed by atoms with Gasteiger partial charge in [-0.2, -0.15) is 11.8 Å². The van der Waals surface area contributed by atoms with Crippen LogP contribution in [0.4, 0.5) is 11.6 Å². The lowest BCUT2D eigenvalue weighted by molar-refractivity contribution is 0.187. The van der Waals surface area contributed by atoms with E-state index in [-0.39, 0.29) is 12.5 Å². The summed E-state index contributed by atoms with van der Waals surface area (Å²) in [5, 5.41) is 16.4. The number of aliphatic imine (C=N–C) groups is 1. The van der Waals surface area contributed by atoms with Gasteiger partial charge >= 0.3 is 0 Å². The molecule has 0 bridgehead atoms. The third kappa shape index (κ3) is 10.2. The Morgan fingerprint density at radius 1 is 1.18 bits per heavy atom. The normalized spacial score (nSPS) is 13.4. The van der Waals surface area contributed by atoms with Crippen molar-refractivity contribution < 1.29 is 26.4 Å². The number of hydrogen-bond donors (Lipinski definition) is 5. The molecule has 14 heteroatoms. The summed E-state index contributed by atoms with van der Waals surface area (Å²) in [5.41, 5.74) is 1.79. The van der Waals surface area contributed by atoms with Crippen molar-refractivity contribution >= 4 is 49.3 Å². The fourth-order valence-electron chi connectivity index (χ4n) is 2.80. The predicted molar refractivity (Wildman–Crippen MR) is 137 cm³/mol. The number of hydrogen-bond acceptors (Lipinski definition) is 9. The molecule has 0 saturated carbocycles. The van der Waals surface area contributed by atoms with E-state index in [9.17, 15) is 21.9 Å². The van der Waals surface area contributed by atoms with Gasteiger partial charge < -0.3 is 20.2 Å². The summed E-state index contributed by atoms with van der Waals surface area (Å²) in [6.45, 7) is 2.25. The number of guanidine groups is 1. The molecule has 1 aromatic heterocycles. The Balaban J connectivity index is 1.94. The molecule has 0 spiro atoms. The van der Waals surface area contributed by atoms with Gasteiger partial charge in [0, 0.05) is 31.1 Å². The van der Waals surface area contributed by atoms with Crippen LogP contribution in [0.1, 0.15) is 23.0 Å². The largest absolute Gasteiger partial charge is 0.445 e. The molecule has 1 aromatic carbocycles. The van der Waals surface area contributed by atoms with Crippen LogP contribution in [-0.4, -0.2) is 66.3 Å². The zero-order valence-electron chi connectivity index (χ0n) is 19.5. The molecular weight excluding hydrogens is 502 g/mol. The third-order valence-electron chi connectivity index (χ3n) is 4.32. The topological polar surface area (TPSA) is 162 Å². The van der Waals surface area contributed by atoms with Gasteiger partial charge in [-0.3, -0.25) is 9.44 Å². The molecule has 0 aliphatic heterocycles. The van der Waals surface area contributed by atoms with Gasteiger partial charge in [0.25, 0.3) is 0 Å². The Kier molecular flexibility index (Phi) is 10.1. The van der Waals surface area contributed by atoms with E-state index in [4.69, 9.17) is 4.42 Å². The highest BCUT2D eigenvalue weighted by atomic mass is 32.2. The van der Waals surface area contributed by atoms with Gasteiger partial charge in [0.2, 0.25) is 26.0 Å². The van der Waals surface area contributed by atoms with E-state index in [1.54, 1.807) is 37.0 Å². The Hall–Kier alpha value is -2.42. The maximum atomic E-state index is 11.7. The summed E-state index contributed by atoms with van der Waals surface area (Å²) in [5.74, 6) is 2.90. The molecule has 0 amide bonds. The molecule has 1 atom stereocenters. The van der Waals surface area contributed by atoms with Crippen molar-refractivity contribution in [2.75, 3.05) is 48.4 Å². The zero-order chi connectivity index (χ0) is 25.4. The molecule has 0 saturated heterocycles. The molecule has 1 heterocycles. The minimum Gasteiger partial charge on any atom is -0.445 e. The first-order chi connectivity index (χ1) is 15.9. The van der Waals surface area contributed by atoms with Gasteiger partial charge in [-0.1, -0.05) is 12.1 Å². The second-order valence-electron chi connectivity index (χ2n) is 7.53. The highest BCUT2D eigenvalue weighted by molar-refractivity contribution is 7.98. The summed E-state index contributed by atoms with van der Waals surface area (Å²) in [6, 6.07) is 8.19. The summed E-state index contributed by atoms with van der Waals surface area (Å²) in [6.07, 6.45) is 0.967. The highest BCUT2D eigenvalue weighted by Crippen LogP contribution is 2.23. The van der Waals surface area contributed by atoms with Crippen LogP contribution in [-0.2, 0) is 25.8 Å². The van der Waals surface area contributed by atoms with E-state index in [2.05, 4.69) is 25.1 Å². The fraction of sp³-hybridized carbons (Fsp3) is 0.450. The van der Waals surface area contributed by atoms with Crippen LogP contribution in [0.2, 0.25) is 0 Å². The lowest BCUT2D eigenvalue weighted by Gasteiger charge is -2.14. The first-order valence-electron chi connectivity index (χ1n) is 10.2. The van der Waals surface area contributed by atoms with Crippen LogP contribution in [0.5, 0.6) is 0 Å². The summed E-state index contributed by atoms with van der Waals surface area (Å²) in [7, 11) is -5.26. The number of aryl methyl sites for hydroxylation is 1. The number of sulfonamides is 2. The molecule has 2 aromatic rings. The SMILES string of the molecule is CNc1cc(C)c(CSCCNC(=NCC(O)c2cccc(NS(C)(=O)=O)c2)NS(C)(=O)=O)o1. The molecule has 190 valence electrons. The number of nitrogens with one attached hydrogen (secondary N) is 4. The van der Waals surface area contributed by atoms with Crippen molar-refractivity contribution in [2.45, 2.75) is 18.8 Å². The summed E-state index contributed by atoms with van der Waals surface area (Å²) >= 11 is 1.61. The minimum atomic E-state index is -3.58. The van der Waals surface area contributed by atoms with Crippen LogP contribution in [0, 0.1) is 6.92 Å². The number of aliphatic hydroxyl groups is 1. The Labute approximate surface area is 204 Å². The molecular formula is C20H31N5O6S3. The van der Waals surface area contributed by atoms with Crippen molar-refractivity contribution in [1.82, 2.24) is 10.0 Å². The molecule has 0 radical (unpaired) electrons. The van der Waals surface area contributed by atoms with Gasteiger partial charge in [0.05, 0.1) is 30.9 Å². The average Bonchev–Trinajstić information content (AvgIpc) is 3.09. The van der Waals surface area contributed by atoms with E-state index >= 15 is 0 Å². The molecule has 5 N–H and O–H groups in total. The molecule has 2 rings (SSSR count). The van der Waals surface area contributed by atoms with Gasteiger partial charge in [0.15, 0.2) is 5.88 Å². The monoisotopic (exact) mass is 533 g/mol. The van der Waals surface area contributed by atoms with Crippen molar-refractivity contribution in [3.8, 4) is 0 Å². The van der Waals surface area contributed by atoms with Crippen molar-refractivity contribution in [1.29, 1.82) is 0 Å². The van der Waals surface area contributed by atoms with E-state index in [0.29, 0.717) is 35.2 Å². The second-order valence-corrected chi connectivity index (χ2v) is 12.1. The van der Waals surface area contributed by atoms with Crippen molar-refractivity contribution in [2.24, 2.45) is 4.99 Å². The molecule has 0 aliphatic rings. The Morgan fingerprint density at radius 3 is 2.53 bits per heavy atom. The van der Waals surface area contributed by atoms with Gasteiger partial charge in [-0.15, -0.1) is 0 Å². The van der Waals surface area contributed by atoms with Crippen molar-refractivity contribution in [3.63, 3.8) is 0 Å². The summed E-state index contributed by atoms with van der Waals surface area (Å²) < 4.78 is 56.5. The molecule has 0 fully saturated rings. The van der Waals surface area contributed by atoms with Gasteiger partial charge in [0.1, 0.15) is 5.76 Å². The lowest BCUT2D eigenvalue weighted by atomic mass is 10.1. The number of rotatable bonds is 12. The number of aliphatic hydroxyl groups excluding tert-OH is 1. The smallest absolute Gasteiger partial charge is 0.232 e. The van der Waals surface area contributed by atoms with E-state index in [1.807, 2.05) is 13.0 Å². The van der Waals surface area contributed by atoms with Gasteiger partial charge in [-0.25, -0.2) is 21.8 Å². The van der Waals surface area contributed by atoms with Crippen LogP contribution in [0.3, 0.4) is 0 Å². The highest BCUT2D eigenvalue weighted by Gasteiger charge is 2.12. The zero-order valence-corrected chi connectivity index (χ0v) is 21.9. The number of nitrogens with zero attached hydrogens (tertiary/aromatic N) is 1.